The predicted octanol–water partition coefficient (Wildman–Crippen LogP) is 5.14. The summed E-state index contributed by atoms with van der Waals surface area (Å²) < 4.78 is 29.5. The van der Waals surface area contributed by atoms with Crippen LogP contribution in [0.15, 0.2) is 47.4 Å². The SMILES string of the molecule is CC.CCc1ccc(C(=S)Nc2ccc(S(=O)(=O)C(C)(C=O)CCOC)cc2C)cc1. The normalized spacial score (nSPS) is 12.8. The summed E-state index contributed by atoms with van der Waals surface area (Å²) in [6, 6.07) is 12.7. The highest BCUT2D eigenvalue weighted by Crippen LogP contribution is 2.30. The Hall–Kier alpha value is -2.09. The molecule has 0 saturated carbocycles. The molecule has 0 aliphatic carbocycles. The summed E-state index contributed by atoms with van der Waals surface area (Å²) in [5, 5.41) is 3.18. The fourth-order valence-corrected chi connectivity index (χ4v) is 4.70. The minimum absolute atomic E-state index is 0.0895. The molecule has 0 aromatic heterocycles. The first-order valence-electron chi connectivity index (χ1n) is 10.4. The summed E-state index contributed by atoms with van der Waals surface area (Å²) in [7, 11) is -2.39. The van der Waals surface area contributed by atoms with Crippen LogP contribution in [0.2, 0.25) is 0 Å². The van der Waals surface area contributed by atoms with Crippen LogP contribution < -0.4 is 5.32 Å². The lowest BCUT2D eigenvalue weighted by molar-refractivity contribution is -0.110. The summed E-state index contributed by atoms with van der Waals surface area (Å²) in [5.74, 6) is 0. The number of thiocarbonyl (C=S) groups is 1. The molecular formula is C24H33NO4S2. The zero-order valence-corrected chi connectivity index (χ0v) is 20.8. The first-order valence-corrected chi connectivity index (χ1v) is 12.3. The van der Waals surface area contributed by atoms with Gasteiger partial charge in [-0.05, 0) is 56.0 Å². The van der Waals surface area contributed by atoms with Crippen LogP contribution in [0, 0.1) is 6.92 Å². The van der Waals surface area contributed by atoms with Gasteiger partial charge in [0, 0.05) is 25.0 Å². The van der Waals surface area contributed by atoms with Crippen molar-refractivity contribution in [2.75, 3.05) is 19.0 Å². The van der Waals surface area contributed by atoms with E-state index in [2.05, 4.69) is 12.2 Å². The number of ether oxygens (including phenoxy) is 1. The Morgan fingerprint density at radius 2 is 1.77 bits per heavy atom. The molecule has 2 rings (SSSR count). The molecule has 7 heteroatoms. The van der Waals surface area contributed by atoms with E-state index in [0.717, 1.165) is 23.2 Å². The monoisotopic (exact) mass is 463 g/mol. The van der Waals surface area contributed by atoms with Crippen molar-refractivity contribution in [3.8, 4) is 0 Å². The zero-order chi connectivity index (χ0) is 23.7. The van der Waals surface area contributed by atoms with Crippen molar-refractivity contribution in [1.29, 1.82) is 0 Å². The molecule has 31 heavy (non-hydrogen) atoms. The highest BCUT2D eigenvalue weighted by Gasteiger charge is 2.40. The van der Waals surface area contributed by atoms with Crippen molar-refractivity contribution in [1.82, 2.24) is 0 Å². The van der Waals surface area contributed by atoms with E-state index in [4.69, 9.17) is 17.0 Å². The van der Waals surface area contributed by atoms with Crippen LogP contribution in [-0.4, -0.2) is 38.2 Å². The van der Waals surface area contributed by atoms with Crippen molar-refractivity contribution in [2.24, 2.45) is 0 Å². The van der Waals surface area contributed by atoms with Gasteiger partial charge < -0.3 is 14.8 Å². The number of sulfone groups is 1. The first kappa shape index (κ1) is 26.9. The quantitative estimate of drug-likeness (QED) is 0.410. The predicted molar refractivity (Wildman–Crippen MR) is 132 cm³/mol. The molecule has 0 bridgehead atoms. The van der Waals surface area contributed by atoms with Gasteiger partial charge in [-0.2, -0.15) is 0 Å². The molecule has 170 valence electrons. The van der Waals surface area contributed by atoms with Crippen molar-refractivity contribution >= 4 is 39.0 Å². The minimum Gasteiger partial charge on any atom is -0.385 e. The molecule has 1 N–H and O–H groups in total. The molecule has 1 unspecified atom stereocenters. The number of hydrogen-bond acceptors (Lipinski definition) is 5. The first-order chi connectivity index (χ1) is 14.7. The Labute approximate surface area is 192 Å². The molecule has 0 radical (unpaired) electrons. The summed E-state index contributed by atoms with van der Waals surface area (Å²) in [4.78, 5) is 12.2. The van der Waals surface area contributed by atoms with E-state index in [1.807, 2.05) is 38.1 Å². The molecule has 0 spiro atoms. The summed E-state index contributed by atoms with van der Waals surface area (Å²) in [6.07, 6.45) is 1.53. The number of carbonyl (C=O) groups excluding carboxylic acids is 1. The molecule has 0 fully saturated rings. The van der Waals surface area contributed by atoms with Crippen LogP contribution in [0.4, 0.5) is 5.69 Å². The number of hydrogen-bond donors (Lipinski definition) is 1. The third kappa shape index (κ3) is 6.45. The van der Waals surface area contributed by atoms with Gasteiger partial charge in [0.1, 0.15) is 16.0 Å². The van der Waals surface area contributed by atoms with Crippen LogP contribution in [0.1, 0.15) is 50.8 Å². The molecule has 2 aromatic rings. The van der Waals surface area contributed by atoms with Crippen LogP contribution >= 0.6 is 12.2 Å². The lowest BCUT2D eigenvalue weighted by Crippen LogP contribution is -2.38. The van der Waals surface area contributed by atoms with E-state index in [1.54, 1.807) is 19.1 Å². The molecule has 0 heterocycles. The standard InChI is InChI=1S/C22H27NO4S2.C2H6/c1-5-17-6-8-18(9-7-17)21(28)23-20-11-10-19(14-16(20)2)29(25,26)22(3,15-24)12-13-27-4;1-2/h6-11,14-15H,5,12-13H2,1-4H3,(H,23,28);1-2H3. The zero-order valence-electron chi connectivity index (χ0n) is 19.2. The van der Waals surface area contributed by atoms with E-state index in [-0.39, 0.29) is 17.9 Å². The molecule has 0 amide bonds. The maximum atomic E-state index is 13.0. The number of rotatable bonds is 9. The Kier molecular flexibility index (Phi) is 10.5. The third-order valence-corrected chi connectivity index (χ3v) is 7.79. The molecule has 0 saturated heterocycles. The lowest BCUT2D eigenvalue weighted by atomic mass is 10.1. The van der Waals surface area contributed by atoms with Gasteiger partial charge in [-0.15, -0.1) is 0 Å². The van der Waals surface area contributed by atoms with Crippen LogP contribution in [0.5, 0.6) is 0 Å². The van der Waals surface area contributed by atoms with E-state index in [1.165, 1.54) is 25.7 Å². The second-order valence-electron chi connectivity index (χ2n) is 7.16. The van der Waals surface area contributed by atoms with Crippen molar-refractivity contribution in [2.45, 2.75) is 57.1 Å². The van der Waals surface area contributed by atoms with E-state index < -0.39 is 14.6 Å². The minimum atomic E-state index is -3.86. The highest BCUT2D eigenvalue weighted by atomic mass is 32.2. The van der Waals surface area contributed by atoms with E-state index >= 15 is 0 Å². The Bertz CT molecular complexity index is 985. The summed E-state index contributed by atoms with van der Waals surface area (Å²) in [5.41, 5.74) is 3.56. The largest absolute Gasteiger partial charge is 0.385 e. The fourth-order valence-electron chi connectivity index (χ4n) is 2.86. The second kappa shape index (κ2) is 12.1. The Balaban J connectivity index is 0.00000233. The lowest BCUT2D eigenvalue weighted by Gasteiger charge is -2.23. The molecule has 2 aromatic carbocycles. The van der Waals surface area contributed by atoms with Gasteiger partial charge in [0.2, 0.25) is 0 Å². The number of carbonyl (C=O) groups is 1. The smallest absolute Gasteiger partial charge is 0.190 e. The van der Waals surface area contributed by atoms with Crippen molar-refractivity contribution in [3.05, 3.63) is 59.2 Å². The van der Waals surface area contributed by atoms with E-state index in [9.17, 15) is 13.2 Å². The topological polar surface area (TPSA) is 72.5 Å². The van der Waals surface area contributed by atoms with Gasteiger partial charge in [0.05, 0.1) is 4.90 Å². The number of benzene rings is 2. The molecule has 0 aliphatic heterocycles. The van der Waals surface area contributed by atoms with Crippen molar-refractivity contribution < 1.29 is 17.9 Å². The number of methoxy groups -OCH3 is 1. The van der Waals surface area contributed by atoms with Gasteiger partial charge in [-0.25, -0.2) is 8.42 Å². The molecule has 1 atom stereocenters. The van der Waals surface area contributed by atoms with Gasteiger partial charge in [-0.1, -0.05) is 57.3 Å². The summed E-state index contributed by atoms with van der Waals surface area (Å²) >= 11 is 5.48. The average molecular weight is 464 g/mol. The number of anilines is 1. The van der Waals surface area contributed by atoms with Crippen LogP contribution in [0.3, 0.4) is 0 Å². The van der Waals surface area contributed by atoms with Gasteiger partial charge in [0.15, 0.2) is 9.84 Å². The number of nitrogens with one attached hydrogen (secondary N) is 1. The molecule has 0 aliphatic rings. The number of aryl methyl sites for hydroxylation is 2. The fraction of sp³-hybridized carbons (Fsp3) is 0.417. The van der Waals surface area contributed by atoms with Crippen LogP contribution in [-0.2, 0) is 25.8 Å². The highest BCUT2D eigenvalue weighted by molar-refractivity contribution is 7.93. The number of aldehydes is 1. The Morgan fingerprint density at radius 3 is 2.26 bits per heavy atom. The van der Waals surface area contributed by atoms with Gasteiger partial charge in [0.25, 0.3) is 0 Å². The van der Waals surface area contributed by atoms with E-state index in [0.29, 0.717) is 11.3 Å². The Morgan fingerprint density at radius 1 is 1.16 bits per heavy atom. The van der Waals surface area contributed by atoms with Gasteiger partial charge >= 0.3 is 0 Å². The average Bonchev–Trinajstić information content (AvgIpc) is 2.79. The second-order valence-corrected chi connectivity index (χ2v) is 9.98. The van der Waals surface area contributed by atoms with Crippen LogP contribution in [0.25, 0.3) is 0 Å². The third-order valence-electron chi connectivity index (χ3n) is 5.05. The molecular weight excluding hydrogens is 430 g/mol. The maximum Gasteiger partial charge on any atom is 0.190 e. The molecule has 5 nitrogen and oxygen atoms in total. The maximum absolute atomic E-state index is 13.0. The van der Waals surface area contributed by atoms with Crippen molar-refractivity contribution in [3.63, 3.8) is 0 Å². The van der Waals surface area contributed by atoms with Gasteiger partial charge in [-0.3, -0.25) is 0 Å². The summed E-state index contributed by atoms with van der Waals surface area (Å²) in [6.45, 7) is 9.50.